The number of H-pyrrole nitrogens is 2. The molecule has 1 unspecified atom stereocenters. The fourth-order valence-corrected chi connectivity index (χ4v) is 4.67. The average Bonchev–Trinajstić information content (AvgIpc) is 3.57. The second-order valence-corrected chi connectivity index (χ2v) is 8.77. The van der Waals surface area contributed by atoms with Crippen molar-refractivity contribution in [3.05, 3.63) is 107 Å². The number of benzene rings is 3. The maximum atomic E-state index is 12.9. The third-order valence-corrected chi connectivity index (χ3v) is 6.43. The molecule has 3 aromatic carbocycles. The molecule has 8 heteroatoms. The first kappa shape index (κ1) is 21.8. The molecule has 4 N–H and O–H groups in total. The van der Waals surface area contributed by atoms with Gasteiger partial charge in [-0.2, -0.15) is 0 Å². The standard InChI is InChI=1S/C28H24N6O2/c1-17-13-19(34-12-11-29-16-34)14-23-26(17)33-27(32-23)25-22(9-10-30-28(25)36)31-15-24(35)21-8-4-6-18-5-2-3-7-20(18)21/h2-14,16,24,35H,15H2,1H3,(H,32,33)(H2,30,31,36). The maximum absolute atomic E-state index is 12.9. The number of pyridine rings is 1. The summed E-state index contributed by atoms with van der Waals surface area (Å²) in [5.74, 6) is 0.458. The Labute approximate surface area is 206 Å². The fraction of sp³-hybridized carbons (Fsp3) is 0.107. The summed E-state index contributed by atoms with van der Waals surface area (Å²) in [6.07, 6.45) is 6.17. The molecule has 3 aromatic heterocycles. The van der Waals surface area contributed by atoms with Crippen molar-refractivity contribution in [2.24, 2.45) is 0 Å². The van der Waals surface area contributed by atoms with Crippen molar-refractivity contribution in [2.45, 2.75) is 13.0 Å². The lowest BCUT2D eigenvalue weighted by Crippen LogP contribution is -2.17. The molecule has 0 amide bonds. The molecule has 6 rings (SSSR count). The van der Waals surface area contributed by atoms with E-state index in [1.54, 1.807) is 24.8 Å². The second-order valence-electron chi connectivity index (χ2n) is 8.77. The lowest BCUT2D eigenvalue weighted by Gasteiger charge is -2.16. The Kier molecular flexibility index (Phi) is 5.35. The molecule has 0 bridgehead atoms. The number of anilines is 1. The molecule has 178 valence electrons. The van der Waals surface area contributed by atoms with Crippen LogP contribution in [0, 0.1) is 6.92 Å². The Bertz CT molecular complexity index is 1740. The van der Waals surface area contributed by atoms with Gasteiger partial charge in [-0.1, -0.05) is 42.5 Å². The van der Waals surface area contributed by atoms with Gasteiger partial charge >= 0.3 is 0 Å². The van der Waals surface area contributed by atoms with Gasteiger partial charge in [-0.3, -0.25) is 4.79 Å². The lowest BCUT2D eigenvalue weighted by atomic mass is 10.0. The number of rotatable bonds is 6. The van der Waals surface area contributed by atoms with Crippen LogP contribution >= 0.6 is 0 Å². The maximum Gasteiger partial charge on any atom is 0.261 e. The highest BCUT2D eigenvalue weighted by molar-refractivity contribution is 5.87. The molecule has 0 fully saturated rings. The third kappa shape index (κ3) is 3.83. The summed E-state index contributed by atoms with van der Waals surface area (Å²) in [6.45, 7) is 2.22. The number of aromatic nitrogens is 5. The number of nitrogens with one attached hydrogen (secondary N) is 3. The predicted molar refractivity (Wildman–Crippen MR) is 141 cm³/mol. The van der Waals surface area contributed by atoms with Crippen molar-refractivity contribution in [3.8, 4) is 17.1 Å². The van der Waals surface area contributed by atoms with Gasteiger partial charge in [0.1, 0.15) is 11.4 Å². The molecule has 8 nitrogen and oxygen atoms in total. The highest BCUT2D eigenvalue weighted by Gasteiger charge is 2.18. The van der Waals surface area contributed by atoms with Crippen molar-refractivity contribution < 1.29 is 5.11 Å². The van der Waals surface area contributed by atoms with Crippen LogP contribution in [0.3, 0.4) is 0 Å². The normalized spacial score (nSPS) is 12.3. The van der Waals surface area contributed by atoms with Crippen molar-refractivity contribution in [1.82, 2.24) is 24.5 Å². The number of aryl methyl sites for hydroxylation is 1. The number of fused-ring (bicyclic) bond motifs is 2. The molecule has 36 heavy (non-hydrogen) atoms. The summed E-state index contributed by atoms with van der Waals surface area (Å²) in [4.78, 5) is 27.8. The van der Waals surface area contributed by atoms with Crippen molar-refractivity contribution in [1.29, 1.82) is 0 Å². The molecular formula is C28H24N6O2. The van der Waals surface area contributed by atoms with Crippen LogP contribution in [-0.4, -0.2) is 36.2 Å². The first-order chi connectivity index (χ1) is 17.6. The molecule has 3 heterocycles. The number of imidazole rings is 2. The zero-order valence-corrected chi connectivity index (χ0v) is 19.6. The van der Waals surface area contributed by atoms with Crippen LogP contribution in [0.2, 0.25) is 0 Å². The number of aliphatic hydroxyl groups excluding tert-OH is 1. The quantitative estimate of drug-likeness (QED) is 0.278. The van der Waals surface area contributed by atoms with Crippen LogP contribution in [0.15, 0.2) is 90.4 Å². The van der Waals surface area contributed by atoms with Gasteiger partial charge in [0.2, 0.25) is 0 Å². The van der Waals surface area contributed by atoms with Gasteiger partial charge in [-0.15, -0.1) is 0 Å². The SMILES string of the molecule is Cc1cc(-n2ccnc2)cc2[nH]c(-c3c(NCC(O)c4cccc5ccccc45)cc[nH]c3=O)nc12. The Morgan fingerprint density at radius 3 is 2.83 bits per heavy atom. The van der Waals surface area contributed by atoms with Crippen LogP contribution < -0.4 is 10.9 Å². The van der Waals surface area contributed by atoms with Gasteiger partial charge in [0.15, 0.2) is 0 Å². The van der Waals surface area contributed by atoms with E-state index in [1.165, 1.54) is 0 Å². The van der Waals surface area contributed by atoms with E-state index in [0.29, 0.717) is 17.1 Å². The molecule has 0 spiro atoms. The van der Waals surface area contributed by atoms with E-state index in [9.17, 15) is 9.90 Å². The van der Waals surface area contributed by atoms with Crippen molar-refractivity contribution in [3.63, 3.8) is 0 Å². The van der Waals surface area contributed by atoms with Gasteiger partial charge in [-0.25, -0.2) is 9.97 Å². The molecule has 0 saturated carbocycles. The Morgan fingerprint density at radius 1 is 1.11 bits per heavy atom. The largest absolute Gasteiger partial charge is 0.387 e. The van der Waals surface area contributed by atoms with E-state index in [4.69, 9.17) is 4.98 Å². The van der Waals surface area contributed by atoms with E-state index >= 15 is 0 Å². The van der Waals surface area contributed by atoms with E-state index in [2.05, 4.69) is 20.3 Å². The lowest BCUT2D eigenvalue weighted by molar-refractivity contribution is 0.193. The molecular weight excluding hydrogens is 452 g/mol. The summed E-state index contributed by atoms with van der Waals surface area (Å²) in [5.41, 5.74) is 5.08. The van der Waals surface area contributed by atoms with E-state index in [1.807, 2.05) is 72.3 Å². The number of hydrogen-bond donors (Lipinski definition) is 4. The van der Waals surface area contributed by atoms with Crippen LogP contribution in [-0.2, 0) is 0 Å². The van der Waals surface area contributed by atoms with Gasteiger partial charge in [-0.05, 0) is 47.0 Å². The van der Waals surface area contributed by atoms with Gasteiger partial charge in [0, 0.05) is 30.8 Å². The summed E-state index contributed by atoms with van der Waals surface area (Å²) >= 11 is 0. The Morgan fingerprint density at radius 2 is 1.97 bits per heavy atom. The summed E-state index contributed by atoms with van der Waals surface area (Å²) in [5, 5.41) is 16.3. The number of aromatic amines is 2. The zero-order chi connectivity index (χ0) is 24.6. The monoisotopic (exact) mass is 476 g/mol. The molecule has 0 aliphatic carbocycles. The summed E-state index contributed by atoms with van der Waals surface area (Å²) in [6, 6.07) is 19.6. The molecule has 6 aromatic rings. The highest BCUT2D eigenvalue weighted by atomic mass is 16.3. The topological polar surface area (TPSA) is 112 Å². The van der Waals surface area contributed by atoms with Crippen LogP contribution in [0.4, 0.5) is 5.69 Å². The summed E-state index contributed by atoms with van der Waals surface area (Å²) in [7, 11) is 0. The Hall–Kier alpha value is -4.69. The minimum Gasteiger partial charge on any atom is -0.387 e. The number of nitrogens with zero attached hydrogens (tertiary/aromatic N) is 3. The van der Waals surface area contributed by atoms with E-state index in [-0.39, 0.29) is 12.1 Å². The summed E-state index contributed by atoms with van der Waals surface area (Å²) < 4.78 is 1.92. The van der Waals surface area contributed by atoms with E-state index < -0.39 is 6.10 Å². The van der Waals surface area contributed by atoms with Crippen LogP contribution in [0.1, 0.15) is 17.2 Å². The molecule has 0 aliphatic heterocycles. The first-order valence-electron chi connectivity index (χ1n) is 11.7. The van der Waals surface area contributed by atoms with Crippen LogP contribution in [0.25, 0.3) is 38.9 Å². The van der Waals surface area contributed by atoms with Crippen molar-refractivity contribution in [2.75, 3.05) is 11.9 Å². The minimum atomic E-state index is -0.765. The van der Waals surface area contributed by atoms with Crippen molar-refractivity contribution >= 4 is 27.5 Å². The number of aliphatic hydroxyl groups is 1. The van der Waals surface area contributed by atoms with Crippen LogP contribution in [0.5, 0.6) is 0 Å². The van der Waals surface area contributed by atoms with Gasteiger partial charge in [0.25, 0.3) is 5.56 Å². The van der Waals surface area contributed by atoms with E-state index in [0.717, 1.165) is 38.6 Å². The first-order valence-corrected chi connectivity index (χ1v) is 11.7. The average molecular weight is 477 g/mol. The third-order valence-electron chi connectivity index (χ3n) is 6.43. The van der Waals surface area contributed by atoms with Gasteiger partial charge in [0.05, 0.1) is 29.2 Å². The van der Waals surface area contributed by atoms with Gasteiger partial charge < -0.3 is 25.0 Å². The predicted octanol–water partition coefficient (Wildman–Crippen LogP) is 4.71. The molecule has 1 atom stereocenters. The molecule has 0 saturated heterocycles. The molecule has 0 aliphatic rings. The fourth-order valence-electron chi connectivity index (χ4n) is 4.67. The highest BCUT2D eigenvalue weighted by Crippen LogP contribution is 2.29. The Balaban J connectivity index is 1.34. The second kappa shape index (κ2) is 8.83. The number of hydrogen-bond acceptors (Lipinski definition) is 5. The zero-order valence-electron chi connectivity index (χ0n) is 19.6. The smallest absolute Gasteiger partial charge is 0.261 e. The molecule has 0 radical (unpaired) electrons. The minimum absolute atomic E-state index is 0.231.